The summed E-state index contributed by atoms with van der Waals surface area (Å²) in [6.07, 6.45) is 10.0. The number of hydrogen-bond donors (Lipinski definition) is 1. The molecule has 0 spiro atoms. The number of anilines is 1. The van der Waals surface area contributed by atoms with Crippen LogP contribution in [0.1, 0.15) is 71.6 Å². The van der Waals surface area contributed by atoms with Gasteiger partial charge in [-0.1, -0.05) is 32.1 Å². The Morgan fingerprint density at radius 1 is 1.10 bits per heavy atom. The topological polar surface area (TPSA) is 50.8 Å². The molecule has 5 nitrogen and oxygen atoms in total. The van der Waals surface area contributed by atoms with Gasteiger partial charge in [-0.15, -0.1) is 0 Å². The summed E-state index contributed by atoms with van der Waals surface area (Å²) in [5, 5.41) is 3.08. The lowest BCUT2D eigenvalue weighted by atomic mass is 9.93. The van der Waals surface area contributed by atoms with Crippen molar-refractivity contribution in [3.63, 3.8) is 0 Å². The molecule has 2 fully saturated rings. The van der Waals surface area contributed by atoms with E-state index in [4.69, 9.17) is 9.47 Å². The molecular formula is C24H38N2O3. The number of ether oxygens (including phenoxy) is 2. The molecule has 5 heteroatoms. The van der Waals surface area contributed by atoms with Crippen LogP contribution in [0.3, 0.4) is 0 Å². The number of likely N-dealkylation sites (tertiary alicyclic amines) is 1. The highest BCUT2D eigenvalue weighted by Gasteiger charge is 2.39. The van der Waals surface area contributed by atoms with Crippen molar-refractivity contribution in [1.82, 2.24) is 4.90 Å². The van der Waals surface area contributed by atoms with Crippen molar-refractivity contribution in [2.75, 3.05) is 31.6 Å². The molecule has 1 aliphatic carbocycles. The van der Waals surface area contributed by atoms with E-state index < -0.39 is 5.60 Å². The Bertz CT molecular complexity index is 624. The van der Waals surface area contributed by atoms with Gasteiger partial charge in [-0.3, -0.25) is 9.69 Å². The fourth-order valence-corrected chi connectivity index (χ4v) is 4.66. The van der Waals surface area contributed by atoms with Crippen LogP contribution >= 0.6 is 0 Å². The van der Waals surface area contributed by atoms with Crippen LogP contribution in [0.2, 0.25) is 0 Å². The second kappa shape index (κ2) is 11.0. The minimum atomic E-state index is -0.675. The standard InChI is InChI=1S/C24H38N2O3/c1-3-29-24(15-7-4-5-8-16-24)23(27)25-21-11-13-22(14-12-21)28-19-18-26-17-9-6-10-20(26)2/h11-14,20H,3-10,15-19H2,1-2H3,(H,25,27)/t20-/m0/s1. The molecule has 3 rings (SSSR count). The highest BCUT2D eigenvalue weighted by molar-refractivity contribution is 5.97. The van der Waals surface area contributed by atoms with E-state index in [0.29, 0.717) is 19.3 Å². The Morgan fingerprint density at radius 2 is 1.83 bits per heavy atom. The molecule has 1 N–H and O–H groups in total. The van der Waals surface area contributed by atoms with E-state index in [1.165, 1.54) is 38.6 Å². The number of hydrogen-bond acceptors (Lipinski definition) is 4. The van der Waals surface area contributed by atoms with Crippen LogP contribution in [0.4, 0.5) is 5.69 Å². The summed E-state index contributed by atoms with van der Waals surface area (Å²) in [6.45, 7) is 7.68. The monoisotopic (exact) mass is 402 g/mol. The van der Waals surface area contributed by atoms with E-state index in [-0.39, 0.29) is 5.91 Å². The molecule has 1 saturated carbocycles. The lowest BCUT2D eigenvalue weighted by Crippen LogP contribution is -2.45. The van der Waals surface area contributed by atoms with Crippen molar-refractivity contribution in [1.29, 1.82) is 0 Å². The van der Waals surface area contributed by atoms with Gasteiger partial charge >= 0.3 is 0 Å². The maximum atomic E-state index is 13.0. The summed E-state index contributed by atoms with van der Waals surface area (Å²) in [6, 6.07) is 8.39. The van der Waals surface area contributed by atoms with Crippen LogP contribution in [0.5, 0.6) is 5.75 Å². The molecule has 0 radical (unpaired) electrons. The van der Waals surface area contributed by atoms with Crippen molar-refractivity contribution in [3.05, 3.63) is 24.3 Å². The summed E-state index contributed by atoms with van der Waals surface area (Å²) in [5.74, 6) is 0.843. The zero-order valence-electron chi connectivity index (χ0n) is 18.3. The third-order valence-corrected chi connectivity index (χ3v) is 6.45. The van der Waals surface area contributed by atoms with Crippen LogP contribution < -0.4 is 10.1 Å². The molecule has 1 aliphatic heterocycles. The van der Waals surface area contributed by atoms with Crippen LogP contribution in [0.25, 0.3) is 0 Å². The van der Waals surface area contributed by atoms with Crippen molar-refractivity contribution in [2.24, 2.45) is 0 Å². The first-order valence-electron chi connectivity index (χ1n) is 11.6. The van der Waals surface area contributed by atoms with Crippen molar-refractivity contribution in [2.45, 2.75) is 83.3 Å². The second-order valence-corrected chi connectivity index (χ2v) is 8.55. The maximum absolute atomic E-state index is 13.0. The van der Waals surface area contributed by atoms with Crippen LogP contribution in [-0.2, 0) is 9.53 Å². The molecule has 1 atom stereocenters. The molecule has 0 unspecified atom stereocenters. The molecule has 2 aliphatic rings. The average Bonchev–Trinajstić information content (AvgIpc) is 2.98. The number of nitrogens with zero attached hydrogens (tertiary/aromatic N) is 1. The van der Waals surface area contributed by atoms with E-state index >= 15 is 0 Å². The van der Waals surface area contributed by atoms with Gasteiger partial charge in [0.15, 0.2) is 0 Å². The van der Waals surface area contributed by atoms with Crippen molar-refractivity contribution < 1.29 is 14.3 Å². The van der Waals surface area contributed by atoms with Crippen LogP contribution in [0, 0.1) is 0 Å². The molecule has 1 saturated heterocycles. The van der Waals surface area contributed by atoms with Gasteiger partial charge in [-0.05, 0) is 70.3 Å². The fourth-order valence-electron chi connectivity index (χ4n) is 4.66. The van der Waals surface area contributed by atoms with E-state index in [0.717, 1.165) is 43.7 Å². The molecule has 162 valence electrons. The highest BCUT2D eigenvalue weighted by Crippen LogP contribution is 2.32. The minimum Gasteiger partial charge on any atom is -0.492 e. The van der Waals surface area contributed by atoms with E-state index in [2.05, 4.69) is 17.1 Å². The lowest BCUT2D eigenvalue weighted by Gasteiger charge is -2.33. The Hall–Kier alpha value is -1.59. The normalized spacial score (nSPS) is 22.6. The predicted octanol–water partition coefficient (Wildman–Crippen LogP) is 5.01. The first kappa shape index (κ1) is 22.1. The summed E-state index contributed by atoms with van der Waals surface area (Å²) in [5.41, 5.74) is 0.126. The number of rotatable bonds is 8. The largest absolute Gasteiger partial charge is 0.492 e. The van der Waals surface area contributed by atoms with Gasteiger partial charge < -0.3 is 14.8 Å². The Labute approximate surface area is 176 Å². The zero-order chi connectivity index (χ0) is 20.5. The van der Waals surface area contributed by atoms with Gasteiger partial charge in [0.05, 0.1) is 0 Å². The number of carbonyl (C=O) groups is 1. The third kappa shape index (κ3) is 6.19. The van der Waals surface area contributed by atoms with Gasteiger partial charge in [-0.2, -0.15) is 0 Å². The van der Waals surface area contributed by atoms with Gasteiger partial charge in [-0.25, -0.2) is 0 Å². The van der Waals surface area contributed by atoms with E-state index in [1.54, 1.807) is 0 Å². The molecular weight excluding hydrogens is 364 g/mol. The quantitative estimate of drug-likeness (QED) is 0.621. The maximum Gasteiger partial charge on any atom is 0.256 e. The molecule has 0 bridgehead atoms. The number of carbonyl (C=O) groups excluding carboxylic acids is 1. The van der Waals surface area contributed by atoms with Crippen LogP contribution in [0.15, 0.2) is 24.3 Å². The molecule has 29 heavy (non-hydrogen) atoms. The first-order chi connectivity index (χ1) is 14.1. The second-order valence-electron chi connectivity index (χ2n) is 8.55. The molecule has 1 aromatic rings. The zero-order valence-corrected chi connectivity index (χ0v) is 18.3. The van der Waals surface area contributed by atoms with Gasteiger partial charge in [0, 0.05) is 24.9 Å². The molecule has 1 heterocycles. The summed E-state index contributed by atoms with van der Waals surface area (Å²) in [4.78, 5) is 15.5. The van der Waals surface area contributed by atoms with E-state index in [1.807, 2.05) is 31.2 Å². The lowest BCUT2D eigenvalue weighted by molar-refractivity contribution is -0.143. The molecule has 1 aromatic carbocycles. The summed E-state index contributed by atoms with van der Waals surface area (Å²) in [7, 11) is 0. The average molecular weight is 403 g/mol. The number of piperidine rings is 1. The smallest absolute Gasteiger partial charge is 0.256 e. The minimum absolute atomic E-state index is 0.00555. The number of benzene rings is 1. The van der Waals surface area contributed by atoms with Crippen LogP contribution in [-0.4, -0.2) is 48.8 Å². The summed E-state index contributed by atoms with van der Waals surface area (Å²) < 4.78 is 11.9. The fraction of sp³-hybridized carbons (Fsp3) is 0.708. The van der Waals surface area contributed by atoms with Gasteiger partial charge in [0.1, 0.15) is 18.0 Å². The van der Waals surface area contributed by atoms with Gasteiger partial charge in [0.2, 0.25) is 0 Å². The first-order valence-corrected chi connectivity index (χ1v) is 11.6. The molecule has 0 aromatic heterocycles. The summed E-state index contributed by atoms with van der Waals surface area (Å²) >= 11 is 0. The SMILES string of the molecule is CCOC1(C(=O)Nc2ccc(OCCN3CCCC[C@@H]3C)cc2)CCCCCC1. The Morgan fingerprint density at radius 3 is 2.48 bits per heavy atom. The highest BCUT2D eigenvalue weighted by atomic mass is 16.5. The number of amides is 1. The molecule has 1 amide bonds. The Balaban J connectivity index is 1.50. The number of nitrogens with one attached hydrogen (secondary N) is 1. The van der Waals surface area contributed by atoms with Gasteiger partial charge in [0.25, 0.3) is 5.91 Å². The Kier molecular flexibility index (Phi) is 8.37. The van der Waals surface area contributed by atoms with E-state index in [9.17, 15) is 4.79 Å². The van der Waals surface area contributed by atoms with Crippen molar-refractivity contribution in [3.8, 4) is 5.75 Å². The van der Waals surface area contributed by atoms with Crippen molar-refractivity contribution >= 4 is 11.6 Å². The predicted molar refractivity (Wildman–Crippen MR) is 118 cm³/mol. The third-order valence-electron chi connectivity index (χ3n) is 6.45.